The van der Waals surface area contributed by atoms with Crippen molar-refractivity contribution in [2.45, 2.75) is 26.7 Å². The molecule has 1 aromatic heterocycles. The number of nitrogens with zero attached hydrogens (tertiary/aromatic N) is 2. The Kier molecular flexibility index (Phi) is 2.86. The van der Waals surface area contributed by atoms with E-state index in [1.165, 1.54) is 16.8 Å². The molecular weight excluding hydrogens is 232 g/mol. The van der Waals surface area contributed by atoms with E-state index in [0.717, 1.165) is 11.3 Å². The first kappa shape index (κ1) is 12.0. The fraction of sp³-hybridized carbons (Fsp3) is 0.235. The van der Waals surface area contributed by atoms with Crippen LogP contribution in [-0.4, -0.2) is 9.55 Å². The van der Waals surface area contributed by atoms with Gasteiger partial charge >= 0.3 is 0 Å². The normalized spacial score (nSPS) is 11.4. The third kappa shape index (κ3) is 2.03. The molecule has 0 bridgehead atoms. The number of imidazole rings is 1. The highest BCUT2D eigenvalue weighted by Gasteiger charge is 2.10. The maximum Gasteiger partial charge on any atom is 0.111 e. The Balaban J connectivity index is 2.29. The molecule has 19 heavy (non-hydrogen) atoms. The summed E-state index contributed by atoms with van der Waals surface area (Å²) in [6.45, 7) is 6.50. The van der Waals surface area contributed by atoms with Crippen LogP contribution in [0.5, 0.6) is 0 Å². The fourth-order valence-electron chi connectivity index (χ4n) is 2.47. The summed E-state index contributed by atoms with van der Waals surface area (Å²) in [5, 5.41) is 0. The number of fused-ring (bicyclic) bond motifs is 1. The molecule has 0 unspecified atom stereocenters. The Bertz CT molecular complexity index is 709. The molecule has 2 heteroatoms. The van der Waals surface area contributed by atoms with Gasteiger partial charge in [0.15, 0.2) is 0 Å². The molecule has 0 aliphatic carbocycles. The molecule has 2 aromatic carbocycles. The van der Waals surface area contributed by atoms with Crippen LogP contribution in [-0.2, 0) is 0 Å². The van der Waals surface area contributed by atoms with Crippen molar-refractivity contribution in [1.82, 2.24) is 9.55 Å². The van der Waals surface area contributed by atoms with Crippen LogP contribution < -0.4 is 0 Å². The molecule has 0 saturated carbocycles. The Morgan fingerprint density at radius 1 is 1.00 bits per heavy atom. The molecule has 0 saturated heterocycles. The topological polar surface area (TPSA) is 17.8 Å². The Hall–Kier alpha value is -2.09. The lowest BCUT2D eigenvalue weighted by Crippen LogP contribution is -1.97. The average molecular weight is 250 g/mol. The lowest BCUT2D eigenvalue weighted by molar-refractivity contribution is 0.867. The zero-order chi connectivity index (χ0) is 13.4. The lowest BCUT2D eigenvalue weighted by atomic mass is 10.0. The summed E-state index contributed by atoms with van der Waals surface area (Å²) in [5.74, 6) is 1.56. The molecule has 0 amide bonds. The minimum absolute atomic E-state index is 0.531. The van der Waals surface area contributed by atoms with Gasteiger partial charge in [-0.3, -0.25) is 4.57 Å². The molecule has 0 radical (unpaired) electrons. The molecule has 1 heterocycles. The van der Waals surface area contributed by atoms with E-state index in [-0.39, 0.29) is 0 Å². The van der Waals surface area contributed by atoms with E-state index in [9.17, 15) is 0 Å². The quantitative estimate of drug-likeness (QED) is 0.656. The predicted octanol–water partition coefficient (Wildman–Crippen LogP) is 4.46. The van der Waals surface area contributed by atoms with Crippen molar-refractivity contribution in [1.29, 1.82) is 0 Å². The highest BCUT2D eigenvalue weighted by Crippen LogP contribution is 2.25. The third-order valence-electron chi connectivity index (χ3n) is 3.53. The molecule has 0 spiro atoms. The molecule has 0 fully saturated rings. The summed E-state index contributed by atoms with van der Waals surface area (Å²) in [7, 11) is 0. The van der Waals surface area contributed by atoms with Gasteiger partial charge in [0.2, 0.25) is 0 Å². The molecule has 2 nitrogen and oxygen atoms in total. The summed E-state index contributed by atoms with van der Waals surface area (Å²) in [6.07, 6.45) is 0. The van der Waals surface area contributed by atoms with Gasteiger partial charge < -0.3 is 0 Å². The number of aromatic nitrogens is 2. The summed E-state index contributed by atoms with van der Waals surface area (Å²) in [5.41, 5.74) is 4.77. The molecule has 3 aromatic rings. The molecular formula is C17H18N2. The van der Waals surface area contributed by atoms with Crippen molar-refractivity contribution < 1.29 is 0 Å². The average Bonchev–Trinajstić information content (AvgIpc) is 2.74. The van der Waals surface area contributed by atoms with E-state index < -0.39 is 0 Å². The van der Waals surface area contributed by atoms with Crippen LogP contribution in [0.15, 0.2) is 48.5 Å². The van der Waals surface area contributed by atoms with E-state index in [1.807, 2.05) is 6.07 Å². The number of rotatable bonds is 2. The maximum absolute atomic E-state index is 4.65. The van der Waals surface area contributed by atoms with Crippen LogP contribution in [0.1, 0.15) is 31.2 Å². The van der Waals surface area contributed by atoms with Gasteiger partial charge in [-0.05, 0) is 42.7 Å². The van der Waals surface area contributed by atoms with Crippen LogP contribution in [0.25, 0.3) is 16.7 Å². The monoisotopic (exact) mass is 250 g/mol. The third-order valence-corrected chi connectivity index (χ3v) is 3.53. The SMILES string of the molecule is Cc1nc2ccc(C(C)C)cc2n1-c1ccccc1. The number of aryl methyl sites for hydroxylation is 1. The number of para-hydroxylation sites is 1. The molecule has 0 atom stereocenters. The minimum atomic E-state index is 0.531. The number of benzene rings is 2. The second-order valence-electron chi connectivity index (χ2n) is 5.23. The van der Waals surface area contributed by atoms with Gasteiger partial charge in [-0.25, -0.2) is 4.98 Å². The Morgan fingerprint density at radius 2 is 1.74 bits per heavy atom. The van der Waals surface area contributed by atoms with E-state index in [0.29, 0.717) is 5.92 Å². The first-order valence-corrected chi connectivity index (χ1v) is 6.71. The van der Waals surface area contributed by atoms with Gasteiger partial charge in [-0.2, -0.15) is 0 Å². The lowest BCUT2D eigenvalue weighted by Gasteiger charge is -2.09. The van der Waals surface area contributed by atoms with Crippen LogP contribution in [0, 0.1) is 6.92 Å². The molecule has 0 aliphatic heterocycles. The molecule has 0 N–H and O–H groups in total. The van der Waals surface area contributed by atoms with Crippen molar-refractivity contribution in [3.8, 4) is 5.69 Å². The number of hydrogen-bond acceptors (Lipinski definition) is 1. The highest BCUT2D eigenvalue weighted by molar-refractivity contribution is 5.79. The minimum Gasteiger partial charge on any atom is -0.297 e. The largest absolute Gasteiger partial charge is 0.297 e. The van der Waals surface area contributed by atoms with Crippen molar-refractivity contribution in [3.05, 3.63) is 59.9 Å². The van der Waals surface area contributed by atoms with Gasteiger partial charge in [0, 0.05) is 5.69 Å². The smallest absolute Gasteiger partial charge is 0.111 e. The van der Waals surface area contributed by atoms with Gasteiger partial charge in [-0.1, -0.05) is 38.1 Å². The van der Waals surface area contributed by atoms with Crippen LogP contribution in [0.4, 0.5) is 0 Å². The van der Waals surface area contributed by atoms with Crippen molar-refractivity contribution in [2.75, 3.05) is 0 Å². The van der Waals surface area contributed by atoms with Crippen molar-refractivity contribution in [2.24, 2.45) is 0 Å². The Labute approximate surface area is 113 Å². The Morgan fingerprint density at radius 3 is 2.42 bits per heavy atom. The van der Waals surface area contributed by atoms with Crippen LogP contribution in [0.3, 0.4) is 0 Å². The van der Waals surface area contributed by atoms with Gasteiger partial charge in [0.05, 0.1) is 11.0 Å². The summed E-state index contributed by atoms with van der Waals surface area (Å²) < 4.78 is 2.22. The second kappa shape index (κ2) is 4.54. The van der Waals surface area contributed by atoms with Gasteiger partial charge in [0.1, 0.15) is 5.82 Å². The molecule has 96 valence electrons. The molecule has 3 rings (SSSR count). The zero-order valence-electron chi connectivity index (χ0n) is 11.6. The van der Waals surface area contributed by atoms with Crippen molar-refractivity contribution >= 4 is 11.0 Å². The van der Waals surface area contributed by atoms with E-state index in [1.54, 1.807) is 0 Å². The van der Waals surface area contributed by atoms with Gasteiger partial charge in [0.25, 0.3) is 0 Å². The van der Waals surface area contributed by atoms with Crippen LogP contribution in [0.2, 0.25) is 0 Å². The predicted molar refractivity (Wildman–Crippen MR) is 79.9 cm³/mol. The maximum atomic E-state index is 4.65. The second-order valence-corrected chi connectivity index (χ2v) is 5.23. The summed E-state index contributed by atoms with van der Waals surface area (Å²) >= 11 is 0. The van der Waals surface area contributed by atoms with Crippen molar-refractivity contribution in [3.63, 3.8) is 0 Å². The summed E-state index contributed by atoms with van der Waals surface area (Å²) in [4.78, 5) is 4.65. The molecule has 0 aliphatic rings. The fourth-order valence-corrected chi connectivity index (χ4v) is 2.47. The highest BCUT2D eigenvalue weighted by atomic mass is 15.1. The van der Waals surface area contributed by atoms with E-state index >= 15 is 0 Å². The standard InChI is InChI=1S/C17H18N2/c1-12(2)14-9-10-16-17(11-14)19(13(3)18-16)15-7-5-4-6-8-15/h4-12H,1-3H3. The zero-order valence-corrected chi connectivity index (χ0v) is 11.6. The number of hydrogen-bond donors (Lipinski definition) is 0. The van der Waals surface area contributed by atoms with E-state index in [2.05, 4.69) is 72.8 Å². The van der Waals surface area contributed by atoms with E-state index in [4.69, 9.17) is 0 Å². The van der Waals surface area contributed by atoms with Crippen LogP contribution >= 0.6 is 0 Å². The first-order valence-electron chi connectivity index (χ1n) is 6.71. The van der Waals surface area contributed by atoms with Gasteiger partial charge in [-0.15, -0.1) is 0 Å². The first-order chi connectivity index (χ1) is 9.16. The summed E-state index contributed by atoms with van der Waals surface area (Å²) in [6, 6.07) is 17.0.